The molecule has 1 N–H and O–H groups in total. The van der Waals surface area contributed by atoms with Crippen LogP contribution in [0, 0.1) is 5.41 Å². The number of ether oxygens (including phenoxy) is 1. The van der Waals surface area contributed by atoms with Gasteiger partial charge in [0.25, 0.3) is 0 Å². The molecule has 2 fully saturated rings. The summed E-state index contributed by atoms with van der Waals surface area (Å²) in [5.74, 6) is 0.718. The van der Waals surface area contributed by atoms with Crippen LogP contribution in [0.3, 0.4) is 0 Å². The molecule has 0 radical (unpaired) electrons. The van der Waals surface area contributed by atoms with Crippen LogP contribution in [0.2, 0.25) is 0 Å². The van der Waals surface area contributed by atoms with Gasteiger partial charge in [-0.3, -0.25) is 4.90 Å². The van der Waals surface area contributed by atoms with E-state index in [9.17, 15) is 0 Å². The lowest BCUT2D eigenvalue weighted by Crippen LogP contribution is -2.49. The third kappa shape index (κ3) is 3.45. The van der Waals surface area contributed by atoms with Crippen molar-refractivity contribution in [1.29, 1.82) is 0 Å². The fraction of sp³-hybridized carbons (Fsp3) is 0.556. The van der Waals surface area contributed by atoms with E-state index in [2.05, 4.69) is 37.0 Å². The van der Waals surface area contributed by atoms with E-state index in [1.807, 2.05) is 6.07 Å². The van der Waals surface area contributed by atoms with Gasteiger partial charge >= 0.3 is 0 Å². The summed E-state index contributed by atoms with van der Waals surface area (Å²) in [5.41, 5.74) is 1.71. The first kappa shape index (κ1) is 16.0. The number of nitrogens with one attached hydrogen (secondary N) is 1. The number of piperidine rings is 1. The fourth-order valence-corrected chi connectivity index (χ4v) is 4.75. The lowest BCUT2D eigenvalue weighted by molar-refractivity contribution is -0.0228. The first-order chi connectivity index (χ1) is 11.8. The third-order valence-electron chi connectivity index (χ3n) is 5.31. The Labute approximate surface area is 147 Å². The van der Waals surface area contributed by atoms with Crippen molar-refractivity contribution in [3.05, 3.63) is 40.8 Å². The van der Waals surface area contributed by atoms with Crippen molar-refractivity contribution in [2.24, 2.45) is 5.41 Å². The summed E-state index contributed by atoms with van der Waals surface area (Å²) < 4.78 is 6.06. The summed E-state index contributed by atoms with van der Waals surface area (Å²) in [4.78, 5) is 11.1. The monoisotopic (exact) mass is 344 g/mol. The maximum absolute atomic E-state index is 6.06. The van der Waals surface area contributed by atoms with E-state index in [4.69, 9.17) is 4.74 Å². The highest BCUT2D eigenvalue weighted by Crippen LogP contribution is 2.43. The molecule has 0 saturated carbocycles. The molecule has 0 unspecified atom stereocenters. The molecule has 2 aromatic rings. The van der Waals surface area contributed by atoms with Crippen LogP contribution in [0.1, 0.15) is 24.8 Å². The normalized spacial score (nSPS) is 27.1. The van der Waals surface area contributed by atoms with Crippen LogP contribution in [-0.2, 0) is 11.3 Å². The van der Waals surface area contributed by atoms with E-state index in [0.29, 0.717) is 6.10 Å². The Morgan fingerprint density at radius 1 is 1.38 bits per heavy atom. The van der Waals surface area contributed by atoms with Crippen LogP contribution < -0.4 is 5.32 Å². The lowest BCUT2D eigenvalue weighted by atomic mass is 9.74. The molecule has 2 aliphatic rings. The molecule has 4 heterocycles. The Morgan fingerprint density at radius 2 is 2.29 bits per heavy atom. The molecule has 4 rings (SSSR count). The molecule has 0 spiro atoms. The van der Waals surface area contributed by atoms with Crippen LogP contribution in [0.5, 0.6) is 0 Å². The number of rotatable bonds is 6. The van der Waals surface area contributed by atoms with E-state index in [1.54, 1.807) is 23.7 Å². The Kier molecular flexibility index (Phi) is 4.78. The number of nitrogens with zero attached hydrogens (tertiary/aromatic N) is 3. The van der Waals surface area contributed by atoms with Crippen molar-refractivity contribution >= 4 is 17.3 Å². The first-order valence-electron chi connectivity index (χ1n) is 8.70. The van der Waals surface area contributed by atoms with E-state index in [-0.39, 0.29) is 5.41 Å². The molecule has 0 aliphatic carbocycles. The molecular formula is C18H24N4OS. The van der Waals surface area contributed by atoms with Gasteiger partial charge in [-0.2, -0.15) is 11.3 Å². The summed E-state index contributed by atoms with van der Waals surface area (Å²) in [5, 5.41) is 7.79. The molecule has 0 bridgehead atoms. The standard InChI is InChI=1S/C18H24N4OS/c1-6-19-17(20-7-1)21-8-4-18-5-10-23-16(18)2-9-22(14-18)12-15-3-11-24-13-15/h1,3,6-7,11,13,16H,2,4-5,8-10,12,14H2,(H,19,20,21)/t16-,18+/m0/s1. The van der Waals surface area contributed by atoms with Gasteiger partial charge in [0, 0.05) is 50.6 Å². The Hall–Kier alpha value is -1.50. The molecule has 24 heavy (non-hydrogen) atoms. The maximum atomic E-state index is 6.06. The molecule has 2 aliphatic heterocycles. The van der Waals surface area contributed by atoms with Crippen molar-refractivity contribution in [2.45, 2.75) is 31.9 Å². The smallest absolute Gasteiger partial charge is 0.222 e. The van der Waals surface area contributed by atoms with Crippen LogP contribution in [0.4, 0.5) is 5.95 Å². The van der Waals surface area contributed by atoms with E-state index in [0.717, 1.165) is 58.0 Å². The quantitative estimate of drug-likeness (QED) is 0.873. The Morgan fingerprint density at radius 3 is 3.12 bits per heavy atom. The van der Waals surface area contributed by atoms with Crippen LogP contribution >= 0.6 is 11.3 Å². The fourth-order valence-electron chi connectivity index (χ4n) is 4.09. The highest BCUT2D eigenvalue weighted by Gasteiger charge is 2.47. The summed E-state index contributed by atoms with van der Waals surface area (Å²) in [7, 11) is 0. The zero-order chi connectivity index (χ0) is 16.2. The topological polar surface area (TPSA) is 50.3 Å². The number of fused-ring (bicyclic) bond motifs is 1. The van der Waals surface area contributed by atoms with Gasteiger partial charge in [-0.25, -0.2) is 9.97 Å². The van der Waals surface area contributed by atoms with E-state index < -0.39 is 0 Å². The van der Waals surface area contributed by atoms with Gasteiger partial charge in [0.05, 0.1) is 6.10 Å². The Bertz CT molecular complexity index is 636. The van der Waals surface area contributed by atoms with Crippen molar-refractivity contribution < 1.29 is 4.74 Å². The molecule has 2 atom stereocenters. The predicted octanol–water partition coefficient (Wildman–Crippen LogP) is 3.02. The minimum atomic E-state index is 0.274. The number of likely N-dealkylation sites (tertiary alicyclic amines) is 1. The van der Waals surface area contributed by atoms with Gasteiger partial charge in [0.1, 0.15) is 0 Å². The zero-order valence-electron chi connectivity index (χ0n) is 13.9. The lowest BCUT2D eigenvalue weighted by Gasteiger charge is -2.44. The third-order valence-corrected chi connectivity index (χ3v) is 6.04. The number of hydrogen-bond donors (Lipinski definition) is 1. The molecule has 2 aromatic heterocycles. The number of hydrogen-bond acceptors (Lipinski definition) is 6. The second kappa shape index (κ2) is 7.17. The van der Waals surface area contributed by atoms with Crippen molar-refractivity contribution in [3.8, 4) is 0 Å². The number of thiophene rings is 1. The summed E-state index contributed by atoms with van der Waals surface area (Å²) in [6, 6.07) is 4.08. The SMILES string of the molecule is c1cnc(NCC[C@]23CCO[C@H]2CCN(Cc2ccsc2)C3)nc1. The second-order valence-electron chi connectivity index (χ2n) is 6.85. The summed E-state index contributed by atoms with van der Waals surface area (Å²) in [6.45, 7) is 5.13. The minimum absolute atomic E-state index is 0.274. The van der Waals surface area contributed by atoms with Crippen molar-refractivity contribution in [2.75, 3.05) is 31.6 Å². The number of anilines is 1. The number of aromatic nitrogens is 2. The molecular weight excluding hydrogens is 320 g/mol. The molecule has 5 nitrogen and oxygen atoms in total. The molecule has 0 amide bonds. The average molecular weight is 344 g/mol. The van der Waals surface area contributed by atoms with Gasteiger partial charge in [-0.05, 0) is 47.7 Å². The second-order valence-corrected chi connectivity index (χ2v) is 7.63. The summed E-state index contributed by atoms with van der Waals surface area (Å²) >= 11 is 1.78. The maximum Gasteiger partial charge on any atom is 0.222 e. The molecule has 2 saturated heterocycles. The predicted molar refractivity (Wildman–Crippen MR) is 96.1 cm³/mol. The Balaban J connectivity index is 1.38. The average Bonchev–Trinajstić information content (AvgIpc) is 3.25. The van der Waals surface area contributed by atoms with Crippen LogP contribution in [0.25, 0.3) is 0 Å². The first-order valence-corrected chi connectivity index (χ1v) is 9.64. The van der Waals surface area contributed by atoms with Crippen LogP contribution in [-0.4, -0.2) is 47.2 Å². The van der Waals surface area contributed by atoms with Gasteiger partial charge in [-0.15, -0.1) is 0 Å². The van der Waals surface area contributed by atoms with E-state index in [1.165, 1.54) is 5.56 Å². The van der Waals surface area contributed by atoms with Gasteiger partial charge in [-0.1, -0.05) is 0 Å². The highest BCUT2D eigenvalue weighted by atomic mass is 32.1. The largest absolute Gasteiger partial charge is 0.378 e. The van der Waals surface area contributed by atoms with Gasteiger partial charge in [0.15, 0.2) is 0 Å². The molecule has 0 aromatic carbocycles. The van der Waals surface area contributed by atoms with Crippen molar-refractivity contribution in [3.63, 3.8) is 0 Å². The highest BCUT2D eigenvalue weighted by molar-refractivity contribution is 7.07. The minimum Gasteiger partial charge on any atom is -0.378 e. The summed E-state index contributed by atoms with van der Waals surface area (Å²) in [6.07, 6.45) is 7.38. The van der Waals surface area contributed by atoms with E-state index >= 15 is 0 Å². The van der Waals surface area contributed by atoms with Gasteiger partial charge < -0.3 is 10.1 Å². The van der Waals surface area contributed by atoms with Gasteiger partial charge in [0.2, 0.25) is 5.95 Å². The molecule has 128 valence electrons. The van der Waals surface area contributed by atoms with Crippen molar-refractivity contribution in [1.82, 2.24) is 14.9 Å². The van der Waals surface area contributed by atoms with Crippen LogP contribution in [0.15, 0.2) is 35.3 Å². The molecule has 6 heteroatoms. The zero-order valence-corrected chi connectivity index (χ0v) is 14.7.